The average Bonchev–Trinajstić information content (AvgIpc) is 3.12. The Kier molecular flexibility index (Phi) is 34.8. The van der Waals surface area contributed by atoms with E-state index in [9.17, 15) is 19.4 Å². The van der Waals surface area contributed by atoms with Gasteiger partial charge in [0, 0.05) is 6.42 Å². The fourth-order valence-electron chi connectivity index (χ4n) is 5.25. The lowest BCUT2D eigenvalue weighted by Crippen LogP contribution is -2.45. The number of carbonyl (C=O) groups excluding carboxylic acids is 1. The molecule has 1 amide bonds. The summed E-state index contributed by atoms with van der Waals surface area (Å²) in [5.74, 6) is -0.245. The Balaban J connectivity index is 4.59. The number of hydrogen-bond donors (Lipinski definition) is 2. The number of hydrogen-bond acceptors (Lipinski definition) is 6. The lowest BCUT2D eigenvalue weighted by Gasteiger charge is -2.29. The van der Waals surface area contributed by atoms with Gasteiger partial charge in [0.05, 0.1) is 39.9 Å². The van der Waals surface area contributed by atoms with Gasteiger partial charge in [-0.15, -0.1) is 0 Å². The van der Waals surface area contributed by atoms with Crippen LogP contribution >= 0.6 is 7.82 Å². The van der Waals surface area contributed by atoms with Gasteiger partial charge in [0.1, 0.15) is 13.2 Å². The number of rotatable bonds is 36. The van der Waals surface area contributed by atoms with Gasteiger partial charge in [-0.05, 0) is 77.0 Å². The normalized spacial score (nSPS) is 15.3. The molecule has 0 fully saturated rings. The van der Waals surface area contributed by atoms with E-state index in [2.05, 4.69) is 92.1 Å². The van der Waals surface area contributed by atoms with Crippen molar-refractivity contribution >= 4 is 13.7 Å². The number of quaternary nitrogens is 1. The van der Waals surface area contributed by atoms with Crippen molar-refractivity contribution in [2.45, 2.75) is 154 Å². The molecule has 9 heteroatoms. The Bertz CT molecular complexity index is 1150. The highest BCUT2D eigenvalue weighted by atomic mass is 31.2. The van der Waals surface area contributed by atoms with Gasteiger partial charge in [-0.1, -0.05) is 144 Å². The molecule has 0 saturated heterocycles. The number of allylic oxidation sites excluding steroid dienone is 13. The van der Waals surface area contributed by atoms with E-state index in [0.29, 0.717) is 17.4 Å². The molecule has 0 aliphatic carbocycles. The maximum Gasteiger partial charge on any atom is 0.268 e. The first-order valence-corrected chi connectivity index (χ1v) is 22.4. The highest BCUT2D eigenvalue weighted by Gasteiger charge is 2.23. The summed E-state index contributed by atoms with van der Waals surface area (Å²) in [6.45, 7) is 4.44. The summed E-state index contributed by atoms with van der Waals surface area (Å²) in [4.78, 5) is 25.2. The van der Waals surface area contributed by atoms with E-state index < -0.39 is 26.6 Å². The summed E-state index contributed by atoms with van der Waals surface area (Å²) >= 11 is 0. The lowest BCUT2D eigenvalue weighted by molar-refractivity contribution is -0.870. The van der Waals surface area contributed by atoms with E-state index in [-0.39, 0.29) is 18.9 Å². The van der Waals surface area contributed by atoms with Crippen molar-refractivity contribution < 1.29 is 32.9 Å². The van der Waals surface area contributed by atoms with Crippen LogP contribution in [-0.4, -0.2) is 68.5 Å². The molecule has 8 nitrogen and oxygen atoms in total. The van der Waals surface area contributed by atoms with E-state index in [1.165, 1.54) is 44.9 Å². The van der Waals surface area contributed by atoms with Gasteiger partial charge in [0.2, 0.25) is 5.91 Å². The second-order valence-corrected chi connectivity index (χ2v) is 16.4. The maximum atomic E-state index is 12.8. The number of nitrogens with zero attached hydrogens (tertiary/aromatic N) is 1. The minimum absolute atomic E-state index is 0.0180. The first-order chi connectivity index (χ1) is 26.0. The maximum absolute atomic E-state index is 12.8. The Morgan fingerprint density at radius 3 is 1.72 bits per heavy atom. The van der Waals surface area contributed by atoms with Crippen LogP contribution in [0.5, 0.6) is 0 Å². The zero-order valence-corrected chi connectivity index (χ0v) is 35.8. The third-order valence-corrected chi connectivity index (χ3v) is 9.55. The van der Waals surface area contributed by atoms with Crippen LogP contribution in [-0.2, 0) is 18.4 Å². The number of amides is 1. The van der Waals surface area contributed by atoms with Crippen LogP contribution in [0, 0.1) is 0 Å². The molecule has 0 aliphatic rings. The minimum atomic E-state index is -4.61. The highest BCUT2D eigenvalue weighted by molar-refractivity contribution is 7.45. The number of likely N-dealkylation sites (N-methyl/N-ethyl adjacent to an activating group) is 1. The van der Waals surface area contributed by atoms with Crippen molar-refractivity contribution in [2.24, 2.45) is 0 Å². The van der Waals surface area contributed by atoms with Crippen LogP contribution < -0.4 is 10.2 Å². The molecule has 0 aromatic rings. The van der Waals surface area contributed by atoms with E-state index in [4.69, 9.17) is 9.05 Å². The molecule has 0 aromatic carbocycles. The van der Waals surface area contributed by atoms with Gasteiger partial charge in [-0.3, -0.25) is 9.36 Å². The highest BCUT2D eigenvalue weighted by Crippen LogP contribution is 2.38. The molecule has 0 radical (unpaired) electrons. The van der Waals surface area contributed by atoms with E-state index in [1.54, 1.807) is 6.08 Å². The van der Waals surface area contributed by atoms with Gasteiger partial charge in [0.25, 0.3) is 7.82 Å². The second kappa shape index (κ2) is 36.3. The fraction of sp³-hybridized carbons (Fsp3) is 0.667. The minimum Gasteiger partial charge on any atom is -0.756 e. The second-order valence-electron chi connectivity index (χ2n) is 14.9. The Labute approximate surface area is 331 Å². The van der Waals surface area contributed by atoms with E-state index in [1.807, 2.05) is 27.2 Å². The summed E-state index contributed by atoms with van der Waals surface area (Å²) in [6.07, 6.45) is 49.1. The molecule has 310 valence electrons. The van der Waals surface area contributed by atoms with Crippen molar-refractivity contribution in [3.8, 4) is 0 Å². The van der Waals surface area contributed by atoms with Crippen molar-refractivity contribution in [3.05, 3.63) is 85.1 Å². The van der Waals surface area contributed by atoms with E-state index in [0.717, 1.165) is 70.6 Å². The molecule has 54 heavy (non-hydrogen) atoms. The summed E-state index contributed by atoms with van der Waals surface area (Å²) in [5, 5.41) is 13.7. The Morgan fingerprint density at radius 2 is 1.15 bits per heavy atom. The van der Waals surface area contributed by atoms with Crippen LogP contribution in [0.1, 0.15) is 142 Å². The van der Waals surface area contributed by atoms with Crippen LogP contribution in [0.4, 0.5) is 0 Å². The topological polar surface area (TPSA) is 108 Å². The van der Waals surface area contributed by atoms with Crippen molar-refractivity contribution in [3.63, 3.8) is 0 Å². The van der Waals surface area contributed by atoms with Crippen LogP contribution in [0.15, 0.2) is 85.1 Å². The van der Waals surface area contributed by atoms with Crippen molar-refractivity contribution in [1.29, 1.82) is 0 Å². The van der Waals surface area contributed by atoms with Gasteiger partial charge in [0.15, 0.2) is 0 Å². The Hall–Kier alpha value is -2.32. The summed E-state index contributed by atoms with van der Waals surface area (Å²) < 4.78 is 23.1. The third kappa shape index (κ3) is 38.0. The lowest BCUT2D eigenvalue weighted by atomic mass is 10.1. The van der Waals surface area contributed by atoms with Gasteiger partial charge in [-0.25, -0.2) is 0 Å². The van der Waals surface area contributed by atoms with Crippen molar-refractivity contribution in [1.82, 2.24) is 5.32 Å². The van der Waals surface area contributed by atoms with Crippen LogP contribution in [0.25, 0.3) is 0 Å². The van der Waals surface area contributed by atoms with E-state index >= 15 is 0 Å². The average molecular weight is 775 g/mol. The zero-order chi connectivity index (χ0) is 40.0. The van der Waals surface area contributed by atoms with Crippen LogP contribution in [0.2, 0.25) is 0 Å². The molecule has 0 saturated carbocycles. The quantitative estimate of drug-likeness (QED) is 0.0284. The smallest absolute Gasteiger partial charge is 0.268 e. The predicted molar refractivity (Wildman–Crippen MR) is 228 cm³/mol. The monoisotopic (exact) mass is 775 g/mol. The molecule has 0 spiro atoms. The van der Waals surface area contributed by atoms with Gasteiger partial charge < -0.3 is 28.8 Å². The standard InChI is InChI=1S/C45H79N2O6P/c1-6-8-10-12-14-16-18-20-21-22-23-24-25-27-29-31-33-35-37-39-45(49)46-43(42-53-54(50,51)52-41-40-47(3,4)5)44(48)38-36-34-32-30-28-26-19-17-15-13-11-9-7-2/h8,10,14,16,20-21,23-24,27-30,36,38,43-44,48H,6-7,9,11-13,15,17-19,22,25-26,31-35,37,39-42H2,1-5H3,(H-,46,49,50,51)/b10-8-,16-14-,21-20-,24-23-,29-27-,30-28+,38-36+. The SMILES string of the molecule is CC/C=C\C/C=C\C/C=C\C/C=C\C/C=C\CCCCCC(=O)NC(COP(=O)([O-])OCC[N+](C)(C)C)C(O)/C=C/CC/C=C/CCCCCCCCC. The Morgan fingerprint density at radius 1 is 0.667 bits per heavy atom. The number of unbranched alkanes of at least 4 members (excludes halogenated alkanes) is 11. The number of nitrogens with one attached hydrogen (secondary N) is 1. The third-order valence-electron chi connectivity index (χ3n) is 8.59. The van der Waals surface area contributed by atoms with Crippen LogP contribution in [0.3, 0.4) is 0 Å². The molecule has 3 atom stereocenters. The summed E-state index contributed by atoms with van der Waals surface area (Å²) in [6, 6.07) is -0.924. The number of aliphatic hydroxyl groups excluding tert-OH is 1. The molecular formula is C45H79N2O6P. The number of carbonyl (C=O) groups is 1. The van der Waals surface area contributed by atoms with Crippen molar-refractivity contribution in [2.75, 3.05) is 40.9 Å². The predicted octanol–water partition coefficient (Wildman–Crippen LogP) is 10.8. The van der Waals surface area contributed by atoms with Gasteiger partial charge in [-0.2, -0.15) is 0 Å². The first kappa shape index (κ1) is 51.7. The fourth-order valence-corrected chi connectivity index (χ4v) is 5.97. The summed E-state index contributed by atoms with van der Waals surface area (Å²) in [5.41, 5.74) is 0. The molecule has 0 aromatic heterocycles. The molecule has 0 heterocycles. The number of phosphoric ester groups is 1. The first-order valence-electron chi connectivity index (χ1n) is 20.9. The number of phosphoric acid groups is 1. The largest absolute Gasteiger partial charge is 0.756 e. The molecule has 0 rings (SSSR count). The molecule has 2 N–H and O–H groups in total. The molecule has 0 aliphatic heterocycles. The summed E-state index contributed by atoms with van der Waals surface area (Å²) in [7, 11) is 1.20. The zero-order valence-electron chi connectivity index (χ0n) is 34.9. The molecule has 3 unspecified atom stereocenters. The molecular weight excluding hydrogens is 695 g/mol. The van der Waals surface area contributed by atoms with Gasteiger partial charge >= 0.3 is 0 Å². The number of aliphatic hydroxyl groups is 1. The molecule has 0 bridgehead atoms.